The van der Waals surface area contributed by atoms with Gasteiger partial charge in [0.15, 0.2) is 0 Å². The van der Waals surface area contributed by atoms with Crippen LogP contribution in [0.2, 0.25) is 0 Å². The molecule has 1 aromatic heterocycles. The number of ether oxygens (including phenoxy) is 1. The molecule has 0 aromatic carbocycles. The molecule has 0 bridgehead atoms. The van der Waals surface area contributed by atoms with E-state index in [9.17, 15) is 0 Å². The lowest BCUT2D eigenvalue weighted by Gasteiger charge is -2.24. The third-order valence-corrected chi connectivity index (χ3v) is 3.06. The van der Waals surface area contributed by atoms with Gasteiger partial charge in [0.25, 0.3) is 0 Å². The fourth-order valence-corrected chi connectivity index (χ4v) is 1.75. The smallest absolute Gasteiger partial charge is 0.138 e. The van der Waals surface area contributed by atoms with Crippen molar-refractivity contribution in [3.63, 3.8) is 0 Å². The number of hydrogen-bond acceptors (Lipinski definition) is 2. The van der Waals surface area contributed by atoms with Crippen molar-refractivity contribution in [2.75, 3.05) is 12.5 Å². The Labute approximate surface area is 107 Å². The van der Waals surface area contributed by atoms with Crippen LogP contribution in [0.15, 0.2) is 18.5 Å². The Balaban J connectivity index is 1.89. The van der Waals surface area contributed by atoms with E-state index in [4.69, 9.17) is 16.3 Å². The van der Waals surface area contributed by atoms with Gasteiger partial charge in [0.1, 0.15) is 5.75 Å². The summed E-state index contributed by atoms with van der Waals surface area (Å²) >= 11 is 5.56. The molecule has 17 heavy (non-hydrogen) atoms. The highest BCUT2D eigenvalue weighted by Gasteiger charge is 2.17. The van der Waals surface area contributed by atoms with Crippen molar-refractivity contribution < 1.29 is 4.74 Å². The highest BCUT2D eigenvalue weighted by molar-refractivity contribution is 6.18. The normalized spacial score (nSPS) is 14.6. The molecule has 1 aliphatic rings. The molecule has 0 spiro atoms. The fourth-order valence-electron chi connectivity index (χ4n) is 1.65. The molecule has 0 atom stereocenters. The standard InChI is InChI=1S/C14H16ClNO/c15-7-2-1-4-13-8-14(10-16-9-13)17-11-12-5-3-6-12/h8-10,12H,2-3,5-7,11H2. The van der Waals surface area contributed by atoms with Gasteiger partial charge in [-0.1, -0.05) is 18.3 Å². The summed E-state index contributed by atoms with van der Waals surface area (Å²) < 4.78 is 5.70. The van der Waals surface area contributed by atoms with Crippen LogP contribution >= 0.6 is 11.6 Å². The Kier molecular flexibility index (Phi) is 4.70. The fraction of sp³-hybridized carbons (Fsp3) is 0.500. The van der Waals surface area contributed by atoms with E-state index in [-0.39, 0.29) is 0 Å². The van der Waals surface area contributed by atoms with E-state index in [0.717, 1.165) is 23.8 Å². The van der Waals surface area contributed by atoms with Crippen molar-refractivity contribution in [2.24, 2.45) is 5.92 Å². The second kappa shape index (κ2) is 6.51. The van der Waals surface area contributed by atoms with Gasteiger partial charge in [-0.25, -0.2) is 0 Å². The van der Waals surface area contributed by atoms with Crippen molar-refractivity contribution in [1.82, 2.24) is 4.98 Å². The van der Waals surface area contributed by atoms with E-state index < -0.39 is 0 Å². The summed E-state index contributed by atoms with van der Waals surface area (Å²) in [4.78, 5) is 4.12. The Morgan fingerprint density at radius 1 is 1.41 bits per heavy atom. The summed E-state index contributed by atoms with van der Waals surface area (Å²) in [5.74, 6) is 8.13. The molecule has 1 saturated carbocycles. The molecule has 0 amide bonds. The second-order valence-electron chi connectivity index (χ2n) is 4.26. The minimum Gasteiger partial charge on any atom is -0.492 e. The Bertz CT molecular complexity index is 418. The van der Waals surface area contributed by atoms with Gasteiger partial charge in [-0.05, 0) is 24.8 Å². The molecule has 1 fully saturated rings. The summed E-state index contributed by atoms with van der Waals surface area (Å²) in [5, 5.41) is 0. The summed E-state index contributed by atoms with van der Waals surface area (Å²) in [6.07, 6.45) is 8.12. The molecule has 0 aliphatic heterocycles. The Hall–Kier alpha value is -1.20. The van der Waals surface area contributed by atoms with Crippen molar-refractivity contribution in [3.05, 3.63) is 24.0 Å². The van der Waals surface area contributed by atoms with Gasteiger partial charge in [-0.15, -0.1) is 11.6 Å². The van der Waals surface area contributed by atoms with Gasteiger partial charge in [-0.3, -0.25) is 4.98 Å². The Morgan fingerprint density at radius 2 is 2.29 bits per heavy atom. The second-order valence-corrected chi connectivity index (χ2v) is 4.64. The highest BCUT2D eigenvalue weighted by Crippen LogP contribution is 2.27. The molecule has 0 saturated heterocycles. The topological polar surface area (TPSA) is 22.1 Å². The first kappa shape index (κ1) is 12.3. The molecule has 1 heterocycles. The molecule has 0 N–H and O–H groups in total. The minimum atomic E-state index is 0.568. The SMILES string of the molecule is ClCCC#Cc1cncc(OCC2CCC2)c1. The van der Waals surface area contributed by atoms with Gasteiger partial charge in [0.2, 0.25) is 0 Å². The zero-order valence-electron chi connectivity index (χ0n) is 9.79. The van der Waals surface area contributed by atoms with Crippen LogP contribution in [0, 0.1) is 17.8 Å². The maximum absolute atomic E-state index is 5.70. The first-order valence-electron chi connectivity index (χ1n) is 6.01. The van der Waals surface area contributed by atoms with Crippen molar-refractivity contribution >= 4 is 11.6 Å². The van der Waals surface area contributed by atoms with Gasteiger partial charge in [0.05, 0.1) is 12.8 Å². The molecule has 3 heteroatoms. The Morgan fingerprint density at radius 3 is 3.00 bits per heavy atom. The predicted molar refractivity (Wildman–Crippen MR) is 69.3 cm³/mol. The van der Waals surface area contributed by atoms with E-state index in [2.05, 4.69) is 16.8 Å². The number of aromatic nitrogens is 1. The minimum absolute atomic E-state index is 0.568. The van der Waals surface area contributed by atoms with E-state index in [1.807, 2.05) is 6.07 Å². The summed E-state index contributed by atoms with van der Waals surface area (Å²) in [6.45, 7) is 0.806. The van der Waals surface area contributed by atoms with Crippen LogP contribution in [0.25, 0.3) is 0 Å². The first-order valence-corrected chi connectivity index (χ1v) is 6.54. The number of alkyl halides is 1. The van der Waals surface area contributed by atoms with Gasteiger partial charge in [0, 0.05) is 24.1 Å². The van der Waals surface area contributed by atoms with Crippen LogP contribution in [0.3, 0.4) is 0 Å². The number of halogens is 1. The van der Waals surface area contributed by atoms with Crippen molar-refractivity contribution in [1.29, 1.82) is 0 Å². The third kappa shape index (κ3) is 3.94. The summed E-state index contributed by atoms with van der Waals surface area (Å²) in [6, 6.07) is 1.94. The highest BCUT2D eigenvalue weighted by atomic mass is 35.5. The predicted octanol–water partition coefficient (Wildman–Crippen LogP) is 3.24. The zero-order valence-corrected chi connectivity index (χ0v) is 10.5. The van der Waals surface area contributed by atoms with E-state index in [0.29, 0.717) is 12.3 Å². The molecule has 2 rings (SSSR count). The molecular formula is C14H16ClNO. The van der Waals surface area contributed by atoms with Crippen LogP contribution in [0.1, 0.15) is 31.2 Å². The molecule has 1 aromatic rings. The lowest BCUT2D eigenvalue weighted by atomic mass is 9.86. The first-order chi connectivity index (χ1) is 8.38. The van der Waals surface area contributed by atoms with Crippen molar-refractivity contribution in [2.45, 2.75) is 25.7 Å². The average molecular weight is 250 g/mol. The quantitative estimate of drug-likeness (QED) is 0.604. The maximum atomic E-state index is 5.70. The molecule has 2 nitrogen and oxygen atoms in total. The largest absolute Gasteiger partial charge is 0.492 e. The van der Waals surface area contributed by atoms with E-state index >= 15 is 0 Å². The van der Waals surface area contributed by atoms with Crippen LogP contribution in [0.4, 0.5) is 0 Å². The van der Waals surface area contributed by atoms with Crippen LogP contribution in [-0.4, -0.2) is 17.5 Å². The number of nitrogens with zero attached hydrogens (tertiary/aromatic N) is 1. The molecule has 90 valence electrons. The lowest BCUT2D eigenvalue weighted by Crippen LogP contribution is -2.19. The third-order valence-electron chi connectivity index (χ3n) is 2.88. The van der Waals surface area contributed by atoms with E-state index in [1.165, 1.54) is 19.3 Å². The van der Waals surface area contributed by atoms with Crippen LogP contribution in [0.5, 0.6) is 5.75 Å². The van der Waals surface area contributed by atoms with Gasteiger partial charge >= 0.3 is 0 Å². The zero-order chi connectivity index (χ0) is 11.9. The number of hydrogen-bond donors (Lipinski definition) is 0. The van der Waals surface area contributed by atoms with Gasteiger partial charge < -0.3 is 4.74 Å². The monoisotopic (exact) mass is 249 g/mol. The lowest BCUT2D eigenvalue weighted by molar-refractivity contribution is 0.180. The number of pyridine rings is 1. The molecule has 0 unspecified atom stereocenters. The summed E-state index contributed by atoms with van der Waals surface area (Å²) in [7, 11) is 0. The van der Waals surface area contributed by atoms with E-state index in [1.54, 1.807) is 12.4 Å². The van der Waals surface area contributed by atoms with Crippen LogP contribution < -0.4 is 4.74 Å². The molecule has 1 aliphatic carbocycles. The molecular weight excluding hydrogens is 234 g/mol. The maximum Gasteiger partial charge on any atom is 0.138 e. The number of rotatable bonds is 4. The van der Waals surface area contributed by atoms with Crippen LogP contribution in [-0.2, 0) is 0 Å². The molecule has 0 radical (unpaired) electrons. The van der Waals surface area contributed by atoms with Crippen molar-refractivity contribution in [3.8, 4) is 17.6 Å². The average Bonchev–Trinajstić information content (AvgIpc) is 2.28. The summed E-state index contributed by atoms with van der Waals surface area (Å²) in [5.41, 5.74) is 0.890. The van der Waals surface area contributed by atoms with Gasteiger partial charge in [-0.2, -0.15) is 0 Å².